The molecule has 0 radical (unpaired) electrons. The highest BCUT2D eigenvalue weighted by atomic mass is 16.7. The molecular formula is C11H19NO4. The lowest BCUT2D eigenvalue weighted by Crippen LogP contribution is -2.25. The number of aliphatic carboxylic acids is 1. The highest BCUT2D eigenvalue weighted by molar-refractivity contribution is 5.67. The van der Waals surface area contributed by atoms with E-state index < -0.39 is 5.97 Å². The van der Waals surface area contributed by atoms with Crippen LogP contribution < -0.4 is 0 Å². The Morgan fingerprint density at radius 1 is 1.38 bits per heavy atom. The topological polar surface area (TPSA) is 59.0 Å². The maximum absolute atomic E-state index is 10.5. The lowest BCUT2D eigenvalue weighted by Gasteiger charge is -2.17. The second kappa shape index (κ2) is 5.61. The van der Waals surface area contributed by atoms with Gasteiger partial charge in [-0.2, -0.15) is 0 Å². The molecule has 16 heavy (non-hydrogen) atoms. The summed E-state index contributed by atoms with van der Waals surface area (Å²) in [6.07, 6.45) is 2.99. The van der Waals surface area contributed by atoms with Gasteiger partial charge in [0.1, 0.15) is 0 Å². The Balaban J connectivity index is 1.62. The lowest BCUT2D eigenvalue weighted by molar-refractivity contribution is -0.140. The van der Waals surface area contributed by atoms with E-state index in [1.807, 2.05) is 0 Å². The summed E-state index contributed by atoms with van der Waals surface area (Å²) in [6, 6.07) is 0. The Hall–Kier alpha value is -0.650. The first kappa shape index (κ1) is 11.8. The van der Waals surface area contributed by atoms with Gasteiger partial charge >= 0.3 is 5.97 Å². The van der Waals surface area contributed by atoms with Crippen LogP contribution in [0.15, 0.2) is 0 Å². The maximum atomic E-state index is 10.5. The van der Waals surface area contributed by atoms with E-state index in [1.54, 1.807) is 0 Å². The first-order valence-electron chi connectivity index (χ1n) is 5.95. The van der Waals surface area contributed by atoms with Crippen LogP contribution in [0.2, 0.25) is 0 Å². The average Bonchev–Trinajstić information content (AvgIpc) is 2.84. The minimum absolute atomic E-state index is 0.0419. The zero-order valence-electron chi connectivity index (χ0n) is 9.43. The monoisotopic (exact) mass is 229 g/mol. The fourth-order valence-electron chi connectivity index (χ4n) is 2.26. The van der Waals surface area contributed by atoms with Crippen LogP contribution in [0, 0.1) is 0 Å². The summed E-state index contributed by atoms with van der Waals surface area (Å²) in [6.45, 7) is 3.75. The summed E-state index contributed by atoms with van der Waals surface area (Å²) >= 11 is 0. The lowest BCUT2D eigenvalue weighted by atomic mass is 10.3. The van der Waals surface area contributed by atoms with Gasteiger partial charge in [-0.25, -0.2) is 0 Å². The van der Waals surface area contributed by atoms with Crippen LogP contribution in [-0.4, -0.2) is 54.6 Å². The van der Waals surface area contributed by atoms with Gasteiger partial charge in [-0.1, -0.05) is 0 Å². The number of ether oxygens (including phenoxy) is 2. The molecule has 0 aromatic rings. The molecule has 2 heterocycles. The van der Waals surface area contributed by atoms with E-state index in [1.165, 1.54) is 25.9 Å². The molecule has 0 aromatic heterocycles. The molecule has 2 rings (SSSR count). The van der Waals surface area contributed by atoms with Crippen LogP contribution in [0.4, 0.5) is 0 Å². The minimum atomic E-state index is -0.825. The predicted octanol–water partition coefficient (Wildman–Crippen LogP) is 0.688. The second-order valence-electron chi connectivity index (χ2n) is 4.46. The van der Waals surface area contributed by atoms with Crippen molar-refractivity contribution in [1.29, 1.82) is 0 Å². The van der Waals surface area contributed by atoms with Gasteiger partial charge in [0, 0.05) is 13.0 Å². The average molecular weight is 229 g/mol. The van der Waals surface area contributed by atoms with Crippen LogP contribution in [0.1, 0.15) is 25.7 Å². The van der Waals surface area contributed by atoms with Gasteiger partial charge in [-0.15, -0.1) is 0 Å². The summed E-state index contributed by atoms with van der Waals surface area (Å²) in [7, 11) is 0. The van der Waals surface area contributed by atoms with Gasteiger partial charge < -0.3 is 19.5 Å². The zero-order chi connectivity index (χ0) is 11.4. The summed E-state index contributed by atoms with van der Waals surface area (Å²) in [5.41, 5.74) is 0. The van der Waals surface area contributed by atoms with E-state index in [-0.39, 0.29) is 18.8 Å². The Bertz CT molecular complexity index is 240. The SMILES string of the molecule is O=C(O)CC1COC(CCN2CCCC2)O1. The molecule has 0 spiro atoms. The fourth-order valence-corrected chi connectivity index (χ4v) is 2.26. The van der Waals surface area contributed by atoms with E-state index in [0.29, 0.717) is 6.61 Å². The molecular weight excluding hydrogens is 210 g/mol. The molecule has 2 atom stereocenters. The number of hydrogen-bond acceptors (Lipinski definition) is 4. The summed E-state index contributed by atoms with van der Waals surface area (Å²) in [5.74, 6) is -0.825. The van der Waals surface area contributed by atoms with Crippen LogP contribution in [0.25, 0.3) is 0 Å². The van der Waals surface area contributed by atoms with E-state index in [0.717, 1.165) is 13.0 Å². The van der Waals surface area contributed by atoms with Crippen molar-refractivity contribution >= 4 is 5.97 Å². The molecule has 2 aliphatic rings. The molecule has 0 aromatic carbocycles. The number of carboxylic acids is 1. The predicted molar refractivity (Wildman–Crippen MR) is 57.2 cm³/mol. The maximum Gasteiger partial charge on any atom is 0.306 e. The van der Waals surface area contributed by atoms with Crippen molar-refractivity contribution < 1.29 is 19.4 Å². The third-order valence-electron chi connectivity index (χ3n) is 3.09. The van der Waals surface area contributed by atoms with E-state index in [2.05, 4.69) is 4.90 Å². The first-order chi connectivity index (χ1) is 7.74. The van der Waals surface area contributed by atoms with Gasteiger partial charge in [0.15, 0.2) is 6.29 Å². The Kier molecular flexibility index (Phi) is 4.15. The van der Waals surface area contributed by atoms with Crippen LogP contribution >= 0.6 is 0 Å². The number of carboxylic acid groups (broad SMARTS) is 1. The van der Waals surface area contributed by atoms with Crippen molar-refractivity contribution in [2.24, 2.45) is 0 Å². The van der Waals surface area contributed by atoms with Crippen molar-refractivity contribution in [2.45, 2.75) is 38.1 Å². The number of hydrogen-bond donors (Lipinski definition) is 1. The second-order valence-corrected chi connectivity index (χ2v) is 4.46. The largest absolute Gasteiger partial charge is 0.481 e. The van der Waals surface area contributed by atoms with Crippen molar-refractivity contribution in [3.8, 4) is 0 Å². The third-order valence-corrected chi connectivity index (χ3v) is 3.09. The minimum Gasteiger partial charge on any atom is -0.481 e. The third kappa shape index (κ3) is 3.43. The highest BCUT2D eigenvalue weighted by Crippen LogP contribution is 2.18. The number of likely N-dealkylation sites (tertiary alicyclic amines) is 1. The smallest absolute Gasteiger partial charge is 0.306 e. The standard InChI is InChI=1S/C11H19NO4/c13-10(14)7-9-8-15-11(16-9)3-6-12-4-1-2-5-12/h9,11H,1-8H2,(H,13,14). The Morgan fingerprint density at radius 3 is 2.81 bits per heavy atom. The molecule has 0 aliphatic carbocycles. The fraction of sp³-hybridized carbons (Fsp3) is 0.909. The summed E-state index contributed by atoms with van der Waals surface area (Å²) in [4.78, 5) is 12.9. The molecule has 1 N–H and O–H groups in total. The van der Waals surface area contributed by atoms with Gasteiger partial charge in [0.05, 0.1) is 19.1 Å². The van der Waals surface area contributed by atoms with Gasteiger partial charge in [-0.05, 0) is 25.9 Å². The normalized spacial score (nSPS) is 31.0. The Morgan fingerprint density at radius 2 is 2.12 bits per heavy atom. The van der Waals surface area contributed by atoms with E-state index >= 15 is 0 Å². The van der Waals surface area contributed by atoms with Crippen molar-refractivity contribution in [1.82, 2.24) is 4.90 Å². The van der Waals surface area contributed by atoms with Gasteiger partial charge in [-0.3, -0.25) is 4.79 Å². The molecule has 2 fully saturated rings. The molecule has 2 saturated heterocycles. The van der Waals surface area contributed by atoms with Crippen LogP contribution in [-0.2, 0) is 14.3 Å². The molecule has 0 amide bonds. The quantitative estimate of drug-likeness (QED) is 0.751. The molecule has 2 aliphatic heterocycles. The van der Waals surface area contributed by atoms with Gasteiger partial charge in [0.2, 0.25) is 0 Å². The number of carbonyl (C=O) groups is 1. The van der Waals surface area contributed by atoms with Crippen molar-refractivity contribution in [3.05, 3.63) is 0 Å². The van der Waals surface area contributed by atoms with E-state index in [4.69, 9.17) is 14.6 Å². The van der Waals surface area contributed by atoms with Crippen LogP contribution in [0.5, 0.6) is 0 Å². The van der Waals surface area contributed by atoms with Crippen molar-refractivity contribution in [2.75, 3.05) is 26.2 Å². The highest BCUT2D eigenvalue weighted by Gasteiger charge is 2.28. The van der Waals surface area contributed by atoms with E-state index in [9.17, 15) is 4.79 Å². The number of nitrogens with zero attached hydrogens (tertiary/aromatic N) is 1. The Labute approximate surface area is 95.3 Å². The molecule has 5 nitrogen and oxygen atoms in total. The molecule has 0 saturated carbocycles. The first-order valence-corrected chi connectivity index (χ1v) is 5.95. The summed E-state index contributed by atoms with van der Waals surface area (Å²) < 4.78 is 10.9. The molecule has 92 valence electrons. The molecule has 0 bridgehead atoms. The molecule has 5 heteroatoms. The summed E-state index contributed by atoms with van der Waals surface area (Å²) in [5, 5.41) is 8.62. The molecule has 2 unspecified atom stereocenters. The number of rotatable bonds is 5. The van der Waals surface area contributed by atoms with Crippen molar-refractivity contribution in [3.63, 3.8) is 0 Å². The zero-order valence-corrected chi connectivity index (χ0v) is 9.43. The van der Waals surface area contributed by atoms with Crippen LogP contribution in [0.3, 0.4) is 0 Å². The van der Waals surface area contributed by atoms with Gasteiger partial charge in [0.25, 0.3) is 0 Å².